The number of nitrogens with two attached hydrogens (primary N) is 1. The first-order valence-corrected chi connectivity index (χ1v) is 8.82. The maximum atomic E-state index is 6.51. The summed E-state index contributed by atoms with van der Waals surface area (Å²) < 4.78 is 0. The Morgan fingerprint density at radius 3 is 2.81 bits per heavy atom. The van der Waals surface area contributed by atoms with E-state index in [9.17, 15) is 0 Å². The molecule has 1 aromatic heterocycles. The Balaban J connectivity index is 2.02. The van der Waals surface area contributed by atoms with Crippen molar-refractivity contribution in [3.8, 4) is 0 Å². The molecule has 112 valence electrons. The smallest absolute Gasteiger partial charge is 0.0785 e. The van der Waals surface area contributed by atoms with Crippen LogP contribution in [0.5, 0.6) is 0 Å². The standard InChI is InChI=1S/C18H24N2S/c1-2-15(19)18(17-11-7-13-21-17)20-12-6-5-9-14-8-3-4-10-16(14)20/h3-4,7-8,10-11,13,15,18H,2,5-6,9,12,19H2,1H3. The predicted molar refractivity (Wildman–Crippen MR) is 92.1 cm³/mol. The lowest BCUT2D eigenvalue weighted by Crippen LogP contribution is -2.41. The molecule has 0 radical (unpaired) electrons. The normalized spacial score (nSPS) is 17.9. The molecule has 2 unspecified atom stereocenters. The number of hydrogen-bond acceptors (Lipinski definition) is 3. The molecule has 1 aromatic carbocycles. The second-order valence-corrected chi connectivity index (χ2v) is 6.79. The fourth-order valence-corrected chi connectivity index (χ4v) is 4.20. The van der Waals surface area contributed by atoms with Gasteiger partial charge in [-0.25, -0.2) is 0 Å². The second kappa shape index (κ2) is 6.63. The predicted octanol–water partition coefficient (Wildman–Crippen LogP) is 4.37. The molecule has 0 saturated carbocycles. The van der Waals surface area contributed by atoms with E-state index in [0.717, 1.165) is 13.0 Å². The number of thiophene rings is 1. The summed E-state index contributed by atoms with van der Waals surface area (Å²) in [6.45, 7) is 3.29. The van der Waals surface area contributed by atoms with Crippen LogP contribution in [0.4, 0.5) is 5.69 Å². The maximum Gasteiger partial charge on any atom is 0.0785 e. The summed E-state index contributed by atoms with van der Waals surface area (Å²) in [6, 6.07) is 13.7. The van der Waals surface area contributed by atoms with Gasteiger partial charge in [0.2, 0.25) is 0 Å². The molecular formula is C18H24N2S. The SMILES string of the molecule is CCC(N)C(c1cccs1)N1CCCCc2ccccc21. The van der Waals surface area contributed by atoms with Gasteiger partial charge in [0.15, 0.2) is 0 Å². The molecule has 2 nitrogen and oxygen atoms in total. The Bertz CT molecular complexity index is 564. The first kappa shape index (κ1) is 14.6. The Morgan fingerprint density at radius 1 is 1.19 bits per heavy atom. The highest BCUT2D eigenvalue weighted by molar-refractivity contribution is 7.10. The molecule has 0 bridgehead atoms. The number of hydrogen-bond donors (Lipinski definition) is 1. The molecule has 0 aliphatic carbocycles. The Kier molecular flexibility index (Phi) is 4.61. The van der Waals surface area contributed by atoms with Gasteiger partial charge in [0.05, 0.1) is 6.04 Å². The van der Waals surface area contributed by atoms with Crippen molar-refractivity contribution in [2.45, 2.75) is 44.7 Å². The third kappa shape index (κ3) is 2.99. The second-order valence-electron chi connectivity index (χ2n) is 5.81. The third-order valence-electron chi connectivity index (χ3n) is 4.44. The van der Waals surface area contributed by atoms with Gasteiger partial charge in [-0.2, -0.15) is 0 Å². The van der Waals surface area contributed by atoms with E-state index in [0.29, 0.717) is 6.04 Å². The fourth-order valence-electron chi connectivity index (χ4n) is 3.29. The molecule has 21 heavy (non-hydrogen) atoms. The van der Waals surface area contributed by atoms with Gasteiger partial charge in [-0.15, -0.1) is 11.3 Å². The number of fused-ring (bicyclic) bond motifs is 1. The number of nitrogens with zero attached hydrogens (tertiary/aromatic N) is 1. The maximum absolute atomic E-state index is 6.51. The van der Waals surface area contributed by atoms with Gasteiger partial charge in [-0.1, -0.05) is 31.2 Å². The van der Waals surface area contributed by atoms with Crippen LogP contribution in [0.1, 0.15) is 42.7 Å². The number of aryl methyl sites for hydroxylation is 1. The Hall–Kier alpha value is -1.32. The lowest BCUT2D eigenvalue weighted by Gasteiger charge is -2.36. The summed E-state index contributed by atoms with van der Waals surface area (Å²) in [6.07, 6.45) is 4.70. The molecule has 0 saturated heterocycles. The van der Waals surface area contributed by atoms with Crippen molar-refractivity contribution in [3.05, 3.63) is 52.2 Å². The van der Waals surface area contributed by atoms with Gasteiger partial charge in [-0.3, -0.25) is 0 Å². The Morgan fingerprint density at radius 2 is 2.05 bits per heavy atom. The molecule has 1 aliphatic rings. The van der Waals surface area contributed by atoms with Crippen molar-refractivity contribution < 1.29 is 0 Å². The van der Waals surface area contributed by atoms with Gasteiger partial charge in [0, 0.05) is 23.2 Å². The zero-order valence-corrected chi connectivity index (χ0v) is 13.5. The van der Waals surface area contributed by atoms with Crippen molar-refractivity contribution in [1.82, 2.24) is 0 Å². The van der Waals surface area contributed by atoms with Crippen molar-refractivity contribution >= 4 is 17.0 Å². The van der Waals surface area contributed by atoms with Gasteiger partial charge >= 0.3 is 0 Å². The van der Waals surface area contributed by atoms with Crippen LogP contribution in [0.3, 0.4) is 0 Å². The summed E-state index contributed by atoms with van der Waals surface area (Å²) in [4.78, 5) is 3.95. The minimum atomic E-state index is 0.176. The van der Waals surface area contributed by atoms with Crippen LogP contribution in [0, 0.1) is 0 Å². The first-order valence-electron chi connectivity index (χ1n) is 7.94. The van der Waals surface area contributed by atoms with Crippen molar-refractivity contribution in [2.24, 2.45) is 5.73 Å². The van der Waals surface area contributed by atoms with Crippen LogP contribution in [-0.4, -0.2) is 12.6 Å². The zero-order valence-electron chi connectivity index (χ0n) is 12.7. The largest absolute Gasteiger partial charge is 0.362 e. The monoisotopic (exact) mass is 300 g/mol. The van der Waals surface area contributed by atoms with E-state index in [1.807, 2.05) is 11.3 Å². The highest BCUT2D eigenvalue weighted by atomic mass is 32.1. The molecule has 0 spiro atoms. The number of rotatable bonds is 4. The van der Waals surface area contributed by atoms with Crippen molar-refractivity contribution in [3.63, 3.8) is 0 Å². The molecule has 2 N–H and O–H groups in total. The van der Waals surface area contributed by atoms with E-state index in [-0.39, 0.29) is 6.04 Å². The number of anilines is 1. The van der Waals surface area contributed by atoms with Gasteiger partial charge in [0.1, 0.15) is 0 Å². The third-order valence-corrected chi connectivity index (χ3v) is 5.39. The van der Waals surface area contributed by atoms with Crippen LogP contribution in [-0.2, 0) is 6.42 Å². The quantitative estimate of drug-likeness (QED) is 0.908. The summed E-state index contributed by atoms with van der Waals surface area (Å²) in [5.74, 6) is 0. The molecule has 0 fully saturated rings. The molecule has 3 rings (SSSR count). The lowest BCUT2D eigenvalue weighted by atomic mass is 10.0. The molecule has 1 aliphatic heterocycles. The summed E-state index contributed by atoms with van der Waals surface area (Å²) in [5, 5.41) is 2.16. The minimum absolute atomic E-state index is 0.176. The van der Waals surface area contributed by atoms with E-state index < -0.39 is 0 Å². The molecule has 2 atom stereocenters. The summed E-state index contributed by atoms with van der Waals surface area (Å²) in [7, 11) is 0. The Labute approximate surface area is 131 Å². The highest BCUT2D eigenvalue weighted by Crippen LogP contribution is 2.36. The summed E-state index contributed by atoms with van der Waals surface area (Å²) in [5.41, 5.74) is 9.37. The van der Waals surface area contributed by atoms with Crippen LogP contribution in [0.2, 0.25) is 0 Å². The van der Waals surface area contributed by atoms with Crippen molar-refractivity contribution in [2.75, 3.05) is 11.4 Å². The molecule has 2 aromatic rings. The molecule has 0 amide bonds. The zero-order chi connectivity index (χ0) is 14.7. The molecule has 3 heteroatoms. The fraction of sp³-hybridized carbons (Fsp3) is 0.444. The number of para-hydroxylation sites is 1. The van der Waals surface area contributed by atoms with Crippen LogP contribution in [0.15, 0.2) is 41.8 Å². The van der Waals surface area contributed by atoms with E-state index >= 15 is 0 Å². The van der Waals surface area contributed by atoms with E-state index in [2.05, 4.69) is 53.6 Å². The van der Waals surface area contributed by atoms with Crippen LogP contribution in [0.25, 0.3) is 0 Å². The summed E-state index contributed by atoms with van der Waals surface area (Å²) >= 11 is 1.83. The lowest BCUT2D eigenvalue weighted by molar-refractivity contribution is 0.491. The average Bonchev–Trinajstić information content (AvgIpc) is 2.96. The van der Waals surface area contributed by atoms with Gasteiger partial charge in [0.25, 0.3) is 0 Å². The number of benzene rings is 1. The average molecular weight is 300 g/mol. The van der Waals surface area contributed by atoms with E-state index in [4.69, 9.17) is 5.73 Å². The van der Waals surface area contributed by atoms with Crippen LogP contribution < -0.4 is 10.6 Å². The highest BCUT2D eigenvalue weighted by Gasteiger charge is 2.28. The van der Waals surface area contributed by atoms with E-state index in [1.54, 1.807) is 0 Å². The molecular weight excluding hydrogens is 276 g/mol. The van der Waals surface area contributed by atoms with Gasteiger partial charge in [-0.05, 0) is 48.8 Å². The molecule has 2 heterocycles. The minimum Gasteiger partial charge on any atom is -0.362 e. The van der Waals surface area contributed by atoms with Crippen LogP contribution >= 0.6 is 11.3 Å². The topological polar surface area (TPSA) is 29.3 Å². The van der Waals surface area contributed by atoms with Crippen molar-refractivity contribution in [1.29, 1.82) is 0 Å². The van der Waals surface area contributed by atoms with Gasteiger partial charge < -0.3 is 10.6 Å². The van der Waals surface area contributed by atoms with E-state index in [1.165, 1.54) is 35.4 Å². The first-order chi connectivity index (χ1) is 10.3.